The minimum absolute atomic E-state index is 0.0931. The Balaban J connectivity index is 2.39. The third-order valence-corrected chi connectivity index (χ3v) is 3.00. The van der Waals surface area contributed by atoms with E-state index in [9.17, 15) is 4.79 Å². The minimum Gasteiger partial charge on any atom is -0.298 e. The first kappa shape index (κ1) is 7.53. The molecule has 0 aliphatic heterocycles. The Kier molecular flexibility index (Phi) is 1.53. The van der Waals surface area contributed by atoms with Crippen molar-refractivity contribution in [3.05, 3.63) is 37.5 Å². The molecule has 1 saturated carbocycles. The summed E-state index contributed by atoms with van der Waals surface area (Å²) in [6.07, 6.45) is 7.80. The van der Waals surface area contributed by atoms with Crippen molar-refractivity contribution >= 4 is 5.78 Å². The van der Waals surface area contributed by atoms with Gasteiger partial charge in [-0.2, -0.15) is 0 Å². The van der Waals surface area contributed by atoms with Gasteiger partial charge in [0.1, 0.15) is 5.78 Å². The molecule has 0 heterocycles. The van der Waals surface area contributed by atoms with Crippen molar-refractivity contribution in [2.45, 2.75) is 0 Å². The molecular weight excluding hydrogens is 148 g/mol. The summed E-state index contributed by atoms with van der Waals surface area (Å²) in [6, 6.07) is 0. The van der Waals surface area contributed by atoms with Crippen LogP contribution in [0, 0.1) is 23.7 Å². The van der Waals surface area contributed by atoms with Crippen molar-refractivity contribution in [1.29, 1.82) is 0 Å². The van der Waals surface area contributed by atoms with Gasteiger partial charge in [0.05, 0.1) is 0 Å². The molecule has 62 valence electrons. The van der Waals surface area contributed by atoms with Crippen LogP contribution < -0.4 is 0 Å². The van der Waals surface area contributed by atoms with Gasteiger partial charge in [-0.1, -0.05) is 24.3 Å². The molecule has 0 aromatic carbocycles. The smallest absolute Gasteiger partial charge is 0.147 e. The number of rotatable bonds is 2. The van der Waals surface area contributed by atoms with E-state index >= 15 is 0 Å². The molecule has 0 aromatic heterocycles. The first-order chi connectivity index (χ1) is 5.79. The van der Waals surface area contributed by atoms with Crippen molar-refractivity contribution in [1.82, 2.24) is 0 Å². The fourth-order valence-corrected chi connectivity index (χ4v) is 2.37. The molecule has 0 unspecified atom stereocenters. The topological polar surface area (TPSA) is 17.1 Å². The van der Waals surface area contributed by atoms with E-state index in [0.717, 1.165) is 0 Å². The number of hydrogen-bond acceptors (Lipinski definition) is 1. The maximum atomic E-state index is 11.5. The molecule has 4 atom stereocenters. The van der Waals surface area contributed by atoms with Crippen LogP contribution in [0.4, 0.5) is 0 Å². The average Bonchev–Trinajstić information content (AvgIpc) is 2.58. The summed E-state index contributed by atoms with van der Waals surface area (Å²) in [7, 11) is 0. The largest absolute Gasteiger partial charge is 0.298 e. The lowest BCUT2D eigenvalue weighted by atomic mass is 9.83. The lowest BCUT2D eigenvalue weighted by Crippen LogP contribution is -2.14. The number of fused-ring (bicyclic) bond motifs is 2. The summed E-state index contributed by atoms with van der Waals surface area (Å²) < 4.78 is 0. The molecule has 0 saturated heterocycles. The molecule has 0 amide bonds. The van der Waals surface area contributed by atoms with Gasteiger partial charge in [0.25, 0.3) is 0 Å². The van der Waals surface area contributed by atoms with Crippen LogP contribution >= 0.6 is 0 Å². The molecule has 1 heteroatoms. The quantitative estimate of drug-likeness (QED) is 0.564. The molecule has 0 radical (unpaired) electrons. The second-order valence-electron chi connectivity index (χ2n) is 3.46. The highest BCUT2D eigenvalue weighted by Gasteiger charge is 2.48. The van der Waals surface area contributed by atoms with Crippen molar-refractivity contribution in [3.8, 4) is 0 Å². The van der Waals surface area contributed by atoms with Crippen LogP contribution in [0.5, 0.6) is 0 Å². The number of allylic oxidation sites excluding steroid dienone is 4. The van der Waals surface area contributed by atoms with E-state index in [0.29, 0.717) is 17.6 Å². The maximum absolute atomic E-state index is 11.5. The Morgan fingerprint density at radius 3 is 1.83 bits per heavy atom. The second-order valence-corrected chi connectivity index (χ2v) is 3.46. The molecule has 0 spiro atoms. The Morgan fingerprint density at radius 1 is 1.08 bits per heavy atom. The highest BCUT2D eigenvalue weighted by atomic mass is 16.1. The third kappa shape index (κ3) is 0.711. The first-order valence-corrected chi connectivity index (χ1v) is 4.26. The predicted molar refractivity (Wildman–Crippen MR) is 48.5 cm³/mol. The molecular formula is C11H12O. The highest BCUT2D eigenvalue weighted by Crippen LogP contribution is 2.46. The Morgan fingerprint density at radius 2 is 1.50 bits per heavy atom. The molecule has 2 aliphatic rings. The molecule has 0 N–H and O–H groups in total. The second kappa shape index (κ2) is 2.44. The fourth-order valence-electron chi connectivity index (χ4n) is 2.37. The van der Waals surface area contributed by atoms with Crippen LogP contribution in [-0.2, 0) is 4.79 Å². The van der Waals surface area contributed by atoms with Gasteiger partial charge >= 0.3 is 0 Å². The Bertz CT molecular complexity index is 249. The van der Waals surface area contributed by atoms with Crippen molar-refractivity contribution in [2.75, 3.05) is 0 Å². The lowest BCUT2D eigenvalue weighted by molar-refractivity contribution is -0.121. The van der Waals surface area contributed by atoms with E-state index in [2.05, 4.69) is 13.2 Å². The van der Waals surface area contributed by atoms with Crippen LogP contribution in [0.3, 0.4) is 0 Å². The third-order valence-electron chi connectivity index (χ3n) is 3.00. The summed E-state index contributed by atoms with van der Waals surface area (Å²) in [4.78, 5) is 11.5. The Hall–Kier alpha value is -1.11. The zero-order valence-corrected chi connectivity index (χ0v) is 6.94. The van der Waals surface area contributed by atoms with Gasteiger partial charge in [-0.15, -0.1) is 13.2 Å². The van der Waals surface area contributed by atoms with E-state index in [-0.39, 0.29) is 11.8 Å². The molecule has 1 fully saturated rings. The van der Waals surface area contributed by atoms with Gasteiger partial charge in [-0.3, -0.25) is 4.79 Å². The standard InChI is InChI=1S/C11H12O/c1-3-7-8(4-2)10-6-5-9(7)11(10)12/h3-10H,1-2H2/t7-,8+,9-,10+. The first-order valence-electron chi connectivity index (χ1n) is 4.26. The van der Waals surface area contributed by atoms with Gasteiger partial charge in [0.2, 0.25) is 0 Å². The van der Waals surface area contributed by atoms with Gasteiger partial charge < -0.3 is 0 Å². The van der Waals surface area contributed by atoms with E-state index in [1.165, 1.54) is 0 Å². The summed E-state index contributed by atoms with van der Waals surface area (Å²) in [5.74, 6) is 1.13. The minimum atomic E-state index is 0.0931. The van der Waals surface area contributed by atoms with Gasteiger partial charge in [-0.05, 0) is 11.8 Å². The lowest BCUT2D eigenvalue weighted by Gasteiger charge is -2.19. The number of carbonyl (C=O) groups is 1. The number of Topliss-reactive ketones (excluding diaryl/α,β-unsaturated/α-hetero) is 1. The zero-order chi connectivity index (χ0) is 8.72. The van der Waals surface area contributed by atoms with Crippen LogP contribution in [0.15, 0.2) is 37.5 Å². The normalized spacial score (nSPS) is 43.5. The predicted octanol–water partition coefficient (Wildman–Crippen LogP) is 1.98. The van der Waals surface area contributed by atoms with Crippen LogP contribution in [-0.4, -0.2) is 5.78 Å². The summed E-state index contributed by atoms with van der Waals surface area (Å²) in [6.45, 7) is 7.52. The SMILES string of the molecule is C=C[C@@H]1[C@H](C=C)[C@@H]2C=C[C@H]1C2=O. The maximum Gasteiger partial charge on any atom is 0.147 e. The van der Waals surface area contributed by atoms with E-state index in [1.54, 1.807) is 0 Å². The Labute approximate surface area is 72.5 Å². The van der Waals surface area contributed by atoms with Crippen molar-refractivity contribution in [3.63, 3.8) is 0 Å². The van der Waals surface area contributed by atoms with Crippen LogP contribution in [0.2, 0.25) is 0 Å². The zero-order valence-electron chi connectivity index (χ0n) is 6.94. The fraction of sp³-hybridized carbons (Fsp3) is 0.364. The number of carbonyl (C=O) groups excluding carboxylic acids is 1. The molecule has 12 heavy (non-hydrogen) atoms. The average molecular weight is 160 g/mol. The number of hydrogen-bond donors (Lipinski definition) is 0. The van der Waals surface area contributed by atoms with Gasteiger partial charge in [-0.25, -0.2) is 0 Å². The van der Waals surface area contributed by atoms with Crippen molar-refractivity contribution in [2.24, 2.45) is 23.7 Å². The van der Waals surface area contributed by atoms with E-state index in [4.69, 9.17) is 0 Å². The van der Waals surface area contributed by atoms with Gasteiger partial charge in [0, 0.05) is 11.8 Å². The summed E-state index contributed by atoms with van der Waals surface area (Å²) >= 11 is 0. The van der Waals surface area contributed by atoms with Crippen LogP contribution in [0.25, 0.3) is 0 Å². The van der Waals surface area contributed by atoms with Crippen molar-refractivity contribution < 1.29 is 4.79 Å². The molecule has 1 nitrogen and oxygen atoms in total. The van der Waals surface area contributed by atoms with E-state index < -0.39 is 0 Å². The summed E-state index contributed by atoms with van der Waals surface area (Å²) in [5, 5.41) is 0. The highest BCUT2D eigenvalue weighted by molar-refractivity contribution is 5.92. The molecule has 2 aliphatic carbocycles. The molecule has 0 aromatic rings. The number of ketones is 1. The monoisotopic (exact) mass is 160 g/mol. The molecule has 2 bridgehead atoms. The van der Waals surface area contributed by atoms with Crippen LogP contribution in [0.1, 0.15) is 0 Å². The van der Waals surface area contributed by atoms with Gasteiger partial charge in [0.15, 0.2) is 0 Å². The molecule has 2 rings (SSSR count). The van der Waals surface area contributed by atoms with E-state index in [1.807, 2.05) is 24.3 Å². The summed E-state index contributed by atoms with van der Waals surface area (Å²) in [5.41, 5.74) is 0.